The lowest BCUT2D eigenvalue weighted by Gasteiger charge is -2.36. The van der Waals surface area contributed by atoms with Crippen LogP contribution in [0.5, 0.6) is 5.75 Å². The molecule has 0 atom stereocenters. The zero-order valence-corrected chi connectivity index (χ0v) is 21.6. The first-order valence-corrected chi connectivity index (χ1v) is 13.1. The molecule has 3 rings (SSSR count). The fourth-order valence-electron chi connectivity index (χ4n) is 4.70. The van der Waals surface area contributed by atoms with Crippen molar-refractivity contribution in [1.82, 2.24) is 14.9 Å². The van der Waals surface area contributed by atoms with Gasteiger partial charge in [-0.1, -0.05) is 58.1 Å². The van der Waals surface area contributed by atoms with Crippen LogP contribution in [0.2, 0.25) is 0 Å². The second kappa shape index (κ2) is 13.3. The van der Waals surface area contributed by atoms with Crippen molar-refractivity contribution >= 4 is 11.7 Å². The van der Waals surface area contributed by atoms with Gasteiger partial charge in [0.2, 0.25) is 5.91 Å². The molecule has 2 heterocycles. The summed E-state index contributed by atoms with van der Waals surface area (Å²) in [5.74, 6) is 3.01. The maximum absolute atomic E-state index is 12.7. The third kappa shape index (κ3) is 7.18. The molecule has 0 N–H and O–H groups in total. The van der Waals surface area contributed by atoms with Crippen molar-refractivity contribution in [3.05, 3.63) is 46.9 Å². The number of piperazine rings is 1. The van der Waals surface area contributed by atoms with E-state index in [4.69, 9.17) is 14.7 Å². The highest BCUT2D eigenvalue weighted by Crippen LogP contribution is 2.27. The van der Waals surface area contributed by atoms with E-state index in [-0.39, 0.29) is 0 Å². The van der Waals surface area contributed by atoms with E-state index in [1.54, 1.807) is 7.11 Å². The van der Waals surface area contributed by atoms with E-state index in [0.29, 0.717) is 12.3 Å². The summed E-state index contributed by atoms with van der Waals surface area (Å²) in [6, 6.07) is 8.23. The topological polar surface area (TPSA) is 58.6 Å². The van der Waals surface area contributed by atoms with Gasteiger partial charge in [0.25, 0.3) is 0 Å². The summed E-state index contributed by atoms with van der Waals surface area (Å²) >= 11 is 0. The molecule has 1 aliphatic heterocycles. The number of rotatable bonds is 12. The number of anilines is 1. The largest absolute Gasteiger partial charge is 0.497 e. The zero-order chi connectivity index (χ0) is 24.3. The molecule has 1 saturated heterocycles. The van der Waals surface area contributed by atoms with E-state index in [2.05, 4.69) is 30.9 Å². The molecule has 0 aliphatic carbocycles. The van der Waals surface area contributed by atoms with Crippen LogP contribution in [0.15, 0.2) is 24.3 Å². The number of carbonyl (C=O) groups is 1. The van der Waals surface area contributed by atoms with Gasteiger partial charge in [-0.2, -0.15) is 0 Å². The monoisotopic (exact) mass is 466 g/mol. The first-order chi connectivity index (χ1) is 16.5. The number of ether oxygens (including phenoxy) is 1. The maximum atomic E-state index is 12.7. The summed E-state index contributed by atoms with van der Waals surface area (Å²) in [5, 5.41) is 0. The highest BCUT2D eigenvalue weighted by molar-refractivity contribution is 5.76. The van der Waals surface area contributed by atoms with E-state index in [0.717, 1.165) is 68.5 Å². The van der Waals surface area contributed by atoms with E-state index in [1.165, 1.54) is 43.2 Å². The molecule has 186 valence electrons. The summed E-state index contributed by atoms with van der Waals surface area (Å²) in [5.41, 5.74) is 3.53. The van der Waals surface area contributed by atoms with Crippen molar-refractivity contribution in [3.63, 3.8) is 0 Å². The first kappa shape index (κ1) is 26.0. The third-order valence-corrected chi connectivity index (χ3v) is 6.73. The molecule has 34 heavy (non-hydrogen) atoms. The van der Waals surface area contributed by atoms with Crippen LogP contribution in [0, 0.1) is 6.92 Å². The normalized spacial score (nSPS) is 13.9. The molecule has 0 saturated carbocycles. The predicted octanol–water partition coefficient (Wildman–Crippen LogP) is 5.35. The Labute approximate surface area is 205 Å². The van der Waals surface area contributed by atoms with Crippen LogP contribution >= 0.6 is 0 Å². The molecule has 0 radical (unpaired) electrons. The average molecular weight is 467 g/mol. The van der Waals surface area contributed by atoms with E-state index in [9.17, 15) is 4.79 Å². The van der Waals surface area contributed by atoms with Gasteiger partial charge in [-0.3, -0.25) is 4.79 Å². The number of benzene rings is 1. The zero-order valence-electron chi connectivity index (χ0n) is 21.6. The molecule has 6 nitrogen and oxygen atoms in total. The number of hydrogen-bond acceptors (Lipinski definition) is 5. The lowest BCUT2D eigenvalue weighted by Crippen LogP contribution is -2.49. The quantitative estimate of drug-likeness (QED) is 0.395. The van der Waals surface area contributed by atoms with Crippen molar-refractivity contribution in [2.75, 3.05) is 38.2 Å². The molecule has 0 bridgehead atoms. The highest BCUT2D eigenvalue weighted by Gasteiger charge is 2.25. The molecule has 1 aliphatic rings. The number of hydrogen-bond donors (Lipinski definition) is 0. The van der Waals surface area contributed by atoms with Gasteiger partial charge in [0, 0.05) is 50.3 Å². The maximum Gasteiger partial charge on any atom is 0.222 e. The van der Waals surface area contributed by atoms with E-state index in [1.807, 2.05) is 24.0 Å². The Balaban J connectivity index is 1.63. The van der Waals surface area contributed by atoms with E-state index < -0.39 is 0 Å². The average Bonchev–Trinajstić information content (AvgIpc) is 2.87. The van der Waals surface area contributed by atoms with Gasteiger partial charge in [-0.25, -0.2) is 9.97 Å². The second-order valence-corrected chi connectivity index (χ2v) is 9.28. The standard InChI is InChI=1S/C28H42N4O2/c1-5-7-8-9-10-11-12-27(33)31-17-19-32(20-18-31)28-25(26(6-2)29-22(3)30-28)21-23-13-15-24(34-4)16-14-23/h13-16H,5-12,17-21H2,1-4H3. The van der Waals surface area contributed by atoms with Crippen LogP contribution in [0.3, 0.4) is 0 Å². The van der Waals surface area contributed by atoms with Crippen molar-refractivity contribution < 1.29 is 9.53 Å². The minimum atomic E-state index is 0.307. The van der Waals surface area contributed by atoms with Crippen molar-refractivity contribution in [1.29, 1.82) is 0 Å². The van der Waals surface area contributed by atoms with Crippen LogP contribution in [0.25, 0.3) is 0 Å². The fraction of sp³-hybridized carbons (Fsp3) is 0.607. The number of aromatic nitrogens is 2. The minimum absolute atomic E-state index is 0.307. The number of carbonyl (C=O) groups excluding carboxylic acids is 1. The second-order valence-electron chi connectivity index (χ2n) is 9.28. The van der Waals surface area contributed by atoms with Crippen LogP contribution in [-0.4, -0.2) is 54.1 Å². The Bertz CT molecular complexity index is 905. The third-order valence-electron chi connectivity index (χ3n) is 6.73. The lowest BCUT2D eigenvalue weighted by molar-refractivity contribution is -0.131. The lowest BCUT2D eigenvalue weighted by atomic mass is 10.0. The molecule has 1 fully saturated rings. The van der Waals surface area contributed by atoms with Gasteiger partial charge in [0.1, 0.15) is 17.4 Å². The first-order valence-electron chi connectivity index (χ1n) is 13.1. The van der Waals surface area contributed by atoms with Crippen LogP contribution in [0.4, 0.5) is 5.82 Å². The molecular formula is C28H42N4O2. The van der Waals surface area contributed by atoms with Gasteiger partial charge in [0.05, 0.1) is 7.11 Å². The minimum Gasteiger partial charge on any atom is -0.497 e. The number of aryl methyl sites for hydroxylation is 2. The molecule has 0 unspecified atom stereocenters. The number of nitrogens with zero attached hydrogens (tertiary/aromatic N) is 4. The number of amides is 1. The molecule has 2 aromatic rings. The van der Waals surface area contributed by atoms with Gasteiger partial charge in [-0.05, 0) is 37.5 Å². The SMILES string of the molecule is CCCCCCCCC(=O)N1CCN(c2nc(C)nc(CC)c2Cc2ccc(OC)cc2)CC1. The van der Waals surface area contributed by atoms with Gasteiger partial charge >= 0.3 is 0 Å². The van der Waals surface area contributed by atoms with Crippen molar-refractivity contribution in [2.24, 2.45) is 0 Å². The van der Waals surface area contributed by atoms with Crippen molar-refractivity contribution in [3.8, 4) is 5.75 Å². The summed E-state index contributed by atoms with van der Waals surface area (Å²) in [7, 11) is 1.69. The number of unbranched alkanes of at least 4 members (excludes halogenated alkanes) is 5. The summed E-state index contributed by atoms with van der Waals surface area (Å²) in [4.78, 5) is 26.7. The smallest absolute Gasteiger partial charge is 0.222 e. The van der Waals surface area contributed by atoms with Gasteiger partial charge < -0.3 is 14.5 Å². The Morgan fingerprint density at radius 2 is 1.62 bits per heavy atom. The van der Waals surface area contributed by atoms with Crippen LogP contribution in [0.1, 0.15) is 81.4 Å². The molecule has 1 aromatic heterocycles. The predicted molar refractivity (Wildman–Crippen MR) is 139 cm³/mol. The van der Waals surface area contributed by atoms with Gasteiger partial charge in [0.15, 0.2) is 0 Å². The summed E-state index contributed by atoms with van der Waals surface area (Å²) in [6.45, 7) is 9.52. The summed E-state index contributed by atoms with van der Waals surface area (Å²) in [6.07, 6.45) is 9.63. The number of methoxy groups -OCH3 is 1. The molecule has 1 amide bonds. The Morgan fingerprint density at radius 1 is 0.941 bits per heavy atom. The molecule has 0 spiro atoms. The molecule has 1 aromatic carbocycles. The Kier molecular flexibility index (Phi) is 10.2. The Morgan fingerprint density at radius 3 is 2.26 bits per heavy atom. The Hall–Kier alpha value is -2.63. The highest BCUT2D eigenvalue weighted by atomic mass is 16.5. The molecule has 6 heteroatoms. The fourth-order valence-corrected chi connectivity index (χ4v) is 4.70. The molecular weight excluding hydrogens is 424 g/mol. The van der Waals surface area contributed by atoms with Crippen molar-refractivity contribution in [2.45, 2.75) is 78.6 Å². The summed E-state index contributed by atoms with van der Waals surface area (Å²) < 4.78 is 5.31. The van der Waals surface area contributed by atoms with Gasteiger partial charge in [-0.15, -0.1) is 0 Å². The van der Waals surface area contributed by atoms with E-state index >= 15 is 0 Å². The van der Waals surface area contributed by atoms with Crippen LogP contribution < -0.4 is 9.64 Å². The van der Waals surface area contributed by atoms with Crippen LogP contribution in [-0.2, 0) is 17.6 Å².